The van der Waals surface area contributed by atoms with Gasteiger partial charge in [0.1, 0.15) is 0 Å². The molecule has 2 aromatic rings. The molecule has 1 aliphatic rings. The minimum Gasteiger partial charge on any atom is -0.371 e. The van der Waals surface area contributed by atoms with E-state index in [0.717, 1.165) is 30.7 Å². The van der Waals surface area contributed by atoms with Gasteiger partial charge in [0.25, 0.3) is 0 Å². The molecular weight excluding hydrogens is 202 g/mol. The fourth-order valence-electron chi connectivity index (χ4n) is 2.12. The zero-order chi connectivity index (χ0) is 11.0. The second-order valence-electron chi connectivity index (χ2n) is 4.17. The molecule has 2 heterocycles. The number of hydrogen-bond acceptors (Lipinski definition) is 3. The van der Waals surface area contributed by atoms with Crippen LogP contribution in [0.3, 0.4) is 0 Å². The van der Waals surface area contributed by atoms with Crippen LogP contribution >= 0.6 is 0 Å². The third-order valence-corrected chi connectivity index (χ3v) is 3.05. The lowest BCUT2D eigenvalue weighted by atomic mass is 10.1. The molecule has 4 heteroatoms. The van der Waals surface area contributed by atoms with Crippen LogP contribution < -0.4 is 5.32 Å². The van der Waals surface area contributed by atoms with Crippen LogP contribution in [0.2, 0.25) is 0 Å². The maximum absolute atomic E-state index is 5.74. The van der Waals surface area contributed by atoms with Gasteiger partial charge in [0.2, 0.25) is 0 Å². The van der Waals surface area contributed by atoms with Crippen molar-refractivity contribution >= 4 is 11.0 Å². The Morgan fingerprint density at radius 1 is 1.50 bits per heavy atom. The van der Waals surface area contributed by atoms with Crippen LogP contribution in [0.25, 0.3) is 11.0 Å². The van der Waals surface area contributed by atoms with E-state index < -0.39 is 0 Å². The van der Waals surface area contributed by atoms with E-state index in [-0.39, 0.29) is 6.10 Å². The first-order chi connectivity index (χ1) is 7.84. The van der Waals surface area contributed by atoms with Gasteiger partial charge in [-0.25, -0.2) is 4.98 Å². The zero-order valence-electron chi connectivity index (χ0n) is 9.31. The van der Waals surface area contributed by atoms with E-state index in [9.17, 15) is 0 Å². The second-order valence-corrected chi connectivity index (χ2v) is 4.17. The Morgan fingerprint density at radius 2 is 2.44 bits per heavy atom. The molecule has 0 bridgehead atoms. The smallest absolute Gasteiger partial charge is 0.0955 e. The van der Waals surface area contributed by atoms with E-state index in [4.69, 9.17) is 4.74 Å². The van der Waals surface area contributed by atoms with Crippen molar-refractivity contribution in [2.24, 2.45) is 7.05 Å². The molecule has 4 nitrogen and oxygen atoms in total. The highest BCUT2D eigenvalue weighted by molar-refractivity contribution is 5.76. The predicted molar refractivity (Wildman–Crippen MR) is 62.3 cm³/mol. The molecule has 0 saturated carbocycles. The van der Waals surface area contributed by atoms with Crippen molar-refractivity contribution in [1.82, 2.24) is 14.9 Å². The topological polar surface area (TPSA) is 39.1 Å². The van der Waals surface area contributed by atoms with E-state index in [1.807, 2.05) is 17.9 Å². The maximum Gasteiger partial charge on any atom is 0.0955 e. The molecule has 0 aliphatic carbocycles. The molecule has 1 N–H and O–H groups in total. The van der Waals surface area contributed by atoms with Gasteiger partial charge < -0.3 is 14.6 Å². The Morgan fingerprint density at radius 3 is 3.25 bits per heavy atom. The molecule has 16 heavy (non-hydrogen) atoms. The minimum absolute atomic E-state index is 0.174. The first kappa shape index (κ1) is 9.81. The number of nitrogens with one attached hydrogen (secondary N) is 1. The summed E-state index contributed by atoms with van der Waals surface area (Å²) in [4.78, 5) is 4.31. The van der Waals surface area contributed by atoms with Crippen molar-refractivity contribution < 1.29 is 4.74 Å². The van der Waals surface area contributed by atoms with Crippen LogP contribution in [0.4, 0.5) is 0 Å². The molecule has 0 unspecified atom stereocenters. The van der Waals surface area contributed by atoms with Gasteiger partial charge in [0.05, 0.1) is 30.1 Å². The van der Waals surface area contributed by atoms with Crippen LogP contribution in [0.15, 0.2) is 24.5 Å². The van der Waals surface area contributed by atoms with E-state index in [2.05, 4.69) is 28.5 Å². The van der Waals surface area contributed by atoms with Crippen molar-refractivity contribution in [1.29, 1.82) is 0 Å². The Labute approximate surface area is 94.2 Å². The average Bonchev–Trinajstić information content (AvgIpc) is 2.72. The third kappa shape index (κ3) is 1.60. The van der Waals surface area contributed by atoms with Gasteiger partial charge in [-0.3, -0.25) is 0 Å². The number of aromatic nitrogens is 2. The highest BCUT2D eigenvalue weighted by Crippen LogP contribution is 2.22. The number of nitrogens with zero attached hydrogens (tertiary/aromatic N) is 2. The van der Waals surface area contributed by atoms with Gasteiger partial charge in [-0.05, 0) is 17.7 Å². The predicted octanol–water partition coefficient (Wildman–Crippen LogP) is 1.23. The van der Waals surface area contributed by atoms with E-state index >= 15 is 0 Å². The van der Waals surface area contributed by atoms with Crippen LogP contribution in [0.5, 0.6) is 0 Å². The summed E-state index contributed by atoms with van der Waals surface area (Å²) in [5.74, 6) is 0. The number of imidazole rings is 1. The number of fused-ring (bicyclic) bond motifs is 1. The molecule has 1 aliphatic heterocycles. The van der Waals surface area contributed by atoms with Crippen LogP contribution in [-0.4, -0.2) is 29.2 Å². The third-order valence-electron chi connectivity index (χ3n) is 3.05. The van der Waals surface area contributed by atoms with Crippen molar-refractivity contribution in [2.75, 3.05) is 19.7 Å². The lowest BCUT2D eigenvalue weighted by molar-refractivity contribution is 0.0278. The number of morpholine rings is 1. The van der Waals surface area contributed by atoms with Crippen LogP contribution in [0.1, 0.15) is 11.7 Å². The Balaban J connectivity index is 1.99. The molecule has 1 atom stereocenters. The average molecular weight is 217 g/mol. The fraction of sp³-hybridized carbons (Fsp3) is 0.417. The summed E-state index contributed by atoms with van der Waals surface area (Å²) in [7, 11) is 2.01. The van der Waals surface area contributed by atoms with Gasteiger partial charge in [-0.2, -0.15) is 0 Å². The van der Waals surface area contributed by atoms with Gasteiger partial charge in [-0.1, -0.05) is 6.07 Å². The molecule has 1 aromatic heterocycles. The lowest BCUT2D eigenvalue weighted by Gasteiger charge is -2.23. The van der Waals surface area contributed by atoms with Gasteiger partial charge in [0.15, 0.2) is 0 Å². The summed E-state index contributed by atoms with van der Waals surface area (Å²) in [5, 5.41) is 3.34. The molecule has 0 spiro atoms. The quantitative estimate of drug-likeness (QED) is 0.781. The molecule has 1 aromatic carbocycles. The highest BCUT2D eigenvalue weighted by atomic mass is 16.5. The molecular formula is C12H15N3O. The van der Waals surface area contributed by atoms with Crippen LogP contribution in [0, 0.1) is 0 Å². The van der Waals surface area contributed by atoms with E-state index in [1.54, 1.807) is 0 Å². The molecule has 0 radical (unpaired) electrons. The second kappa shape index (κ2) is 3.88. The standard InChI is InChI=1S/C12H15N3O/c1-15-8-14-10-3-2-9(6-11(10)15)12-7-13-4-5-16-12/h2-3,6,8,12-13H,4-5,7H2,1H3/t12-/m0/s1. The Kier molecular flexibility index (Phi) is 2.38. The largest absolute Gasteiger partial charge is 0.371 e. The normalized spacial score (nSPS) is 21.4. The maximum atomic E-state index is 5.74. The number of rotatable bonds is 1. The van der Waals surface area contributed by atoms with Gasteiger partial charge in [-0.15, -0.1) is 0 Å². The van der Waals surface area contributed by atoms with Gasteiger partial charge >= 0.3 is 0 Å². The summed E-state index contributed by atoms with van der Waals surface area (Å²) in [6.07, 6.45) is 2.02. The molecule has 1 fully saturated rings. The van der Waals surface area contributed by atoms with Crippen molar-refractivity contribution in [3.05, 3.63) is 30.1 Å². The lowest BCUT2D eigenvalue weighted by Crippen LogP contribution is -2.33. The van der Waals surface area contributed by atoms with Gasteiger partial charge in [0, 0.05) is 20.1 Å². The Bertz CT molecular complexity index is 500. The fourth-order valence-corrected chi connectivity index (χ4v) is 2.12. The summed E-state index contributed by atoms with van der Waals surface area (Å²) in [6.45, 7) is 2.63. The summed E-state index contributed by atoms with van der Waals surface area (Å²) < 4.78 is 7.77. The summed E-state index contributed by atoms with van der Waals surface area (Å²) in [5.41, 5.74) is 3.42. The summed E-state index contributed by atoms with van der Waals surface area (Å²) in [6, 6.07) is 6.33. The molecule has 3 rings (SSSR count). The molecule has 84 valence electrons. The monoisotopic (exact) mass is 217 g/mol. The first-order valence-corrected chi connectivity index (χ1v) is 5.58. The number of hydrogen-bond donors (Lipinski definition) is 1. The van der Waals surface area contributed by atoms with E-state index in [1.165, 1.54) is 5.56 Å². The zero-order valence-corrected chi connectivity index (χ0v) is 9.31. The molecule has 0 amide bonds. The van der Waals surface area contributed by atoms with E-state index in [0.29, 0.717) is 0 Å². The number of ether oxygens (including phenoxy) is 1. The molecule has 1 saturated heterocycles. The minimum atomic E-state index is 0.174. The number of aryl methyl sites for hydroxylation is 1. The highest BCUT2D eigenvalue weighted by Gasteiger charge is 2.16. The first-order valence-electron chi connectivity index (χ1n) is 5.58. The SMILES string of the molecule is Cn1cnc2ccc([C@@H]3CNCCO3)cc21. The Hall–Kier alpha value is -1.39. The van der Waals surface area contributed by atoms with Crippen molar-refractivity contribution in [2.45, 2.75) is 6.10 Å². The number of benzene rings is 1. The van der Waals surface area contributed by atoms with Crippen LogP contribution in [-0.2, 0) is 11.8 Å². The van der Waals surface area contributed by atoms with Crippen molar-refractivity contribution in [3.63, 3.8) is 0 Å². The van der Waals surface area contributed by atoms with Crippen molar-refractivity contribution in [3.8, 4) is 0 Å². The summed E-state index contributed by atoms with van der Waals surface area (Å²) >= 11 is 0.